The lowest BCUT2D eigenvalue weighted by atomic mass is 10.1. The van der Waals surface area contributed by atoms with Gasteiger partial charge in [0.05, 0.1) is 31.1 Å². The molecule has 3 aromatic heterocycles. The summed E-state index contributed by atoms with van der Waals surface area (Å²) >= 11 is 0. The molecule has 2 aromatic carbocycles. The third-order valence-electron chi connectivity index (χ3n) is 10.0. The summed E-state index contributed by atoms with van der Waals surface area (Å²) in [7, 11) is 4.97. The van der Waals surface area contributed by atoms with Crippen molar-refractivity contribution in [3.05, 3.63) is 60.2 Å². The summed E-state index contributed by atoms with van der Waals surface area (Å²) in [6, 6.07) is 17.7. The Hall–Kier alpha value is -4.90. The number of hydrogen-bond donors (Lipinski definition) is 2. The van der Waals surface area contributed by atoms with Gasteiger partial charge in [-0.2, -0.15) is 0 Å². The van der Waals surface area contributed by atoms with Crippen molar-refractivity contribution in [3.63, 3.8) is 0 Å². The third-order valence-corrected chi connectivity index (χ3v) is 10.0. The van der Waals surface area contributed by atoms with Crippen LogP contribution in [0.3, 0.4) is 0 Å². The second-order valence-electron chi connectivity index (χ2n) is 12.9. The van der Waals surface area contributed by atoms with Gasteiger partial charge in [0, 0.05) is 54.4 Å². The Labute approximate surface area is 266 Å². The van der Waals surface area contributed by atoms with Crippen molar-refractivity contribution < 1.29 is 19.1 Å². The number of nitrogens with zero attached hydrogens (tertiary/aromatic N) is 5. The number of imidazole rings is 1. The molecule has 11 heteroatoms. The highest BCUT2D eigenvalue weighted by molar-refractivity contribution is 6.00. The maximum Gasteiger partial charge on any atom is 0.411 e. The van der Waals surface area contributed by atoms with Gasteiger partial charge >= 0.3 is 6.09 Å². The van der Waals surface area contributed by atoms with E-state index in [1.807, 2.05) is 54.4 Å². The van der Waals surface area contributed by atoms with Gasteiger partial charge in [0.2, 0.25) is 0 Å². The number of amides is 2. The largest absolute Gasteiger partial charge is 0.494 e. The molecule has 2 aliphatic carbocycles. The standard InChI is InChI=1S/C35H37N7O4/c1-40-31-26(14-23(16-29(31)45-2)34(43)42-18-22-9-13-27(42)30(22)36)39-33(40)28-15-21-8-12-25(38-32(21)41(28)17-19-4-5-19)20-6-10-24(11-7-20)37-35(44)46-3/h6-8,10-12,14-16,19,22,27,30H,4-5,9,13,17-18,36H2,1-3H3,(H,37,44)/t22?,27?,30-/m1/s1. The molecular formula is C35H37N7O4. The van der Waals surface area contributed by atoms with Gasteiger partial charge < -0.3 is 29.2 Å². The number of carbonyl (C=O) groups excluding carboxylic acids is 2. The van der Waals surface area contributed by atoms with Crippen LogP contribution in [0, 0.1) is 11.8 Å². The average Bonchev–Trinajstić information content (AvgIpc) is 3.48. The summed E-state index contributed by atoms with van der Waals surface area (Å²) in [5, 5.41) is 3.71. The maximum atomic E-state index is 13.7. The Morgan fingerprint density at radius 3 is 2.48 bits per heavy atom. The molecule has 0 spiro atoms. The number of benzene rings is 2. The van der Waals surface area contributed by atoms with E-state index in [1.54, 1.807) is 7.11 Å². The first kappa shape index (κ1) is 28.6. The van der Waals surface area contributed by atoms with Gasteiger partial charge in [-0.1, -0.05) is 12.1 Å². The quantitative estimate of drug-likeness (QED) is 0.249. The summed E-state index contributed by atoms with van der Waals surface area (Å²) in [6.07, 6.45) is 3.93. The summed E-state index contributed by atoms with van der Waals surface area (Å²) in [5.74, 6) is 2.37. The minimum Gasteiger partial charge on any atom is -0.494 e. The fourth-order valence-electron chi connectivity index (χ4n) is 7.38. The lowest BCUT2D eigenvalue weighted by Crippen LogP contribution is -2.41. The SMILES string of the molecule is COC(=O)Nc1ccc(-c2ccc3cc(-c4nc5cc(C(=O)N6CC7CCC6[C@@H]7N)cc(OC)c5n4C)n(CC4CC4)c3n2)cc1. The maximum absolute atomic E-state index is 13.7. The average molecular weight is 620 g/mol. The van der Waals surface area contributed by atoms with Gasteiger partial charge in [-0.3, -0.25) is 10.1 Å². The number of aromatic nitrogens is 4. The van der Waals surface area contributed by atoms with Crippen molar-refractivity contribution in [1.82, 2.24) is 24.0 Å². The highest BCUT2D eigenvalue weighted by Crippen LogP contribution is 2.40. The highest BCUT2D eigenvalue weighted by atomic mass is 16.5. The van der Waals surface area contributed by atoms with Crippen LogP contribution in [-0.4, -0.2) is 68.9 Å². The molecular weight excluding hydrogens is 582 g/mol. The van der Waals surface area contributed by atoms with Crippen molar-refractivity contribution in [2.45, 2.75) is 44.3 Å². The van der Waals surface area contributed by atoms with E-state index in [2.05, 4.69) is 26.6 Å². The molecule has 3 N–H and O–H groups in total. The van der Waals surface area contributed by atoms with Gasteiger partial charge in [-0.05, 0) is 80.0 Å². The minimum absolute atomic E-state index is 0.0104. The van der Waals surface area contributed by atoms with Gasteiger partial charge in [0.15, 0.2) is 5.82 Å². The number of rotatable bonds is 7. The summed E-state index contributed by atoms with van der Waals surface area (Å²) < 4.78 is 14.9. The third kappa shape index (κ3) is 4.68. The molecule has 236 valence electrons. The van der Waals surface area contributed by atoms with Crippen LogP contribution in [0.1, 0.15) is 36.0 Å². The van der Waals surface area contributed by atoms with E-state index in [9.17, 15) is 9.59 Å². The number of anilines is 1. The molecule has 1 aliphatic heterocycles. The highest BCUT2D eigenvalue weighted by Gasteiger charge is 2.47. The predicted molar refractivity (Wildman–Crippen MR) is 176 cm³/mol. The van der Waals surface area contributed by atoms with Crippen LogP contribution in [0.4, 0.5) is 10.5 Å². The molecule has 8 rings (SSSR count). The molecule has 46 heavy (non-hydrogen) atoms. The van der Waals surface area contributed by atoms with Crippen LogP contribution in [-0.2, 0) is 18.3 Å². The Bertz CT molecular complexity index is 2010. The first-order valence-electron chi connectivity index (χ1n) is 15.9. The van der Waals surface area contributed by atoms with Crippen LogP contribution < -0.4 is 15.8 Å². The van der Waals surface area contributed by atoms with E-state index >= 15 is 0 Å². The van der Waals surface area contributed by atoms with E-state index in [-0.39, 0.29) is 18.0 Å². The summed E-state index contributed by atoms with van der Waals surface area (Å²) in [5.41, 5.74) is 12.8. The zero-order valence-electron chi connectivity index (χ0n) is 26.2. The van der Waals surface area contributed by atoms with Crippen LogP contribution in [0.15, 0.2) is 54.6 Å². The van der Waals surface area contributed by atoms with Crippen molar-refractivity contribution >= 4 is 39.8 Å². The molecule has 1 saturated heterocycles. The van der Waals surface area contributed by atoms with E-state index in [1.165, 1.54) is 20.0 Å². The first-order chi connectivity index (χ1) is 22.3. The number of carbonyl (C=O) groups is 2. The summed E-state index contributed by atoms with van der Waals surface area (Å²) in [6.45, 7) is 1.56. The molecule has 11 nitrogen and oxygen atoms in total. The number of methoxy groups -OCH3 is 2. The molecule has 4 heterocycles. The Balaban J connectivity index is 1.19. The van der Waals surface area contributed by atoms with Crippen LogP contribution in [0.2, 0.25) is 0 Å². The number of piperidine rings is 1. The number of ether oxygens (including phenoxy) is 2. The van der Waals surface area contributed by atoms with E-state index < -0.39 is 6.09 Å². The van der Waals surface area contributed by atoms with Gasteiger partial charge in [-0.15, -0.1) is 0 Å². The Kier molecular flexibility index (Phi) is 6.75. The zero-order valence-corrected chi connectivity index (χ0v) is 26.2. The van der Waals surface area contributed by atoms with Crippen molar-refractivity contribution in [3.8, 4) is 28.5 Å². The monoisotopic (exact) mass is 619 g/mol. The fraction of sp³-hybridized carbons (Fsp3) is 0.371. The molecule has 5 aromatic rings. The minimum atomic E-state index is -0.511. The number of nitrogens with two attached hydrogens (primary N) is 1. The second-order valence-corrected chi connectivity index (χ2v) is 12.9. The van der Waals surface area contributed by atoms with Crippen LogP contribution in [0.25, 0.3) is 44.8 Å². The van der Waals surface area contributed by atoms with Crippen molar-refractivity contribution in [1.29, 1.82) is 0 Å². The van der Waals surface area contributed by atoms with Gasteiger partial charge in [0.1, 0.15) is 16.9 Å². The van der Waals surface area contributed by atoms with Crippen molar-refractivity contribution in [2.24, 2.45) is 24.6 Å². The van der Waals surface area contributed by atoms with Crippen molar-refractivity contribution in [2.75, 3.05) is 26.1 Å². The van der Waals surface area contributed by atoms with E-state index in [4.69, 9.17) is 25.2 Å². The molecule has 3 aliphatic rings. The van der Waals surface area contributed by atoms with E-state index in [0.29, 0.717) is 40.9 Å². The Morgan fingerprint density at radius 1 is 1.00 bits per heavy atom. The zero-order chi connectivity index (χ0) is 31.7. The summed E-state index contributed by atoms with van der Waals surface area (Å²) in [4.78, 5) is 37.5. The van der Waals surface area contributed by atoms with Crippen LogP contribution in [0.5, 0.6) is 5.75 Å². The first-order valence-corrected chi connectivity index (χ1v) is 15.9. The van der Waals surface area contributed by atoms with E-state index in [0.717, 1.165) is 58.7 Å². The van der Waals surface area contributed by atoms with Gasteiger partial charge in [-0.25, -0.2) is 14.8 Å². The van der Waals surface area contributed by atoms with Gasteiger partial charge in [0.25, 0.3) is 5.91 Å². The number of nitrogens with one attached hydrogen (secondary N) is 1. The number of aryl methyl sites for hydroxylation is 1. The molecule has 2 unspecified atom stereocenters. The number of likely N-dealkylation sites (tertiary alicyclic amines) is 1. The normalized spacial score (nSPS) is 20.5. The van der Waals surface area contributed by atoms with Crippen LogP contribution >= 0.6 is 0 Å². The number of fused-ring (bicyclic) bond motifs is 4. The molecule has 2 saturated carbocycles. The number of pyridine rings is 1. The lowest BCUT2D eigenvalue weighted by Gasteiger charge is -2.27. The molecule has 2 amide bonds. The lowest BCUT2D eigenvalue weighted by molar-refractivity contribution is 0.0700. The smallest absolute Gasteiger partial charge is 0.411 e. The molecule has 3 fully saturated rings. The Morgan fingerprint density at radius 2 is 1.80 bits per heavy atom. The predicted octanol–water partition coefficient (Wildman–Crippen LogP) is 5.42. The number of hydrogen-bond acceptors (Lipinski definition) is 7. The molecule has 3 atom stereocenters. The molecule has 0 radical (unpaired) electrons. The topological polar surface area (TPSA) is 130 Å². The fourth-order valence-corrected chi connectivity index (χ4v) is 7.38. The second kappa shape index (κ2) is 10.9. The molecule has 2 bridgehead atoms.